The summed E-state index contributed by atoms with van der Waals surface area (Å²) in [6.45, 7) is 4.17. The molecule has 2 amide bonds. The number of likely N-dealkylation sites (N-methyl/N-ethyl adjacent to an activating group) is 1. The quantitative estimate of drug-likeness (QED) is 0.637. The molecule has 2 rings (SSSR count). The van der Waals surface area contributed by atoms with Gasteiger partial charge in [0.1, 0.15) is 11.8 Å². The molecular weight excluding hydrogens is 402 g/mol. The second kappa shape index (κ2) is 11.0. The topological polar surface area (TPSA) is 70.7 Å². The molecule has 162 valence electrons. The Morgan fingerprint density at radius 3 is 2.23 bits per heavy atom. The van der Waals surface area contributed by atoms with E-state index in [2.05, 4.69) is 10.6 Å². The van der Waals surface area contributed by atoms with Crippen molar-refractivity contribution in [1.29, 1.82) is 0 Å². The Hall–Kier alpha value is -2.57. The van der Waals surface area contributed by atoms with Gasteiger partial charge in [-0.2, -0.15) is 0 Å². The molecule has 0 aliphatic carbocycles. The van der Waals surface area contributed by atoms with Gasteiger partial charge < -0.3 is 20.3 Å². The van der Waals surface area contributed by atoms with Crippen molar-refractivity contribution in [3.05, 3.63) is 64.7 Å². The number of hydrogen-bond acceptors (Lipinski definition) is 4. The molecule has 2 atom stereocenters. The van der Waals surface area contributed by atoms with E-state index in [0.717, 1.165) is 5.56 Å². The Bertz CT molecular complexity index is 853. The molecule has 7 heteroatoms. The van der Waals surface area contributed by atoms with Gasteiger partial charge in [0.05, 0.1) is 13.2 Å². The van der Waals surface area contributed by atoms with Gasteiger partial charge in [-0.15, -0.1) is 0 Å². The summed E-state index contributed by atoms with van der Waals surface area (Å²) in [7, 11) is 5.44. The third-order valence-corrected chi connectivity index (χ3v) is 5.29. The van der Waals surface area contributed by atoms with E-state index in [1.54, 1.807) is 31.4 Å². The predicted octanol–water partition coefficient (Wildman–Crippen LogP) is 3.52. The Labute approximate surface area is 183 Å². The van der Waals surface area contributed by atoms with Gasteiger partial charge >= 0.3 is 0 Å². The van der Waals surface area contributed by atoms with Crippen LogP contribution in [-0.4, -0.2) is 50.5 Å². The summed E-state index contributed by atoms with van der Waals surface area (Å²) < 4.78 is 5.12. The van der Waals surface area contributed by atoms with Gasteiger partial charge in [0.15, 0.2) is 0 Å². The van der Waals surface area contributed by atoms with Gasteiger partial charge in [0.25, 0.3) is 5.91 Å². The molecule has 6 nitrogen and oxygen atoms in total. The van der Waals surface area contributed by atoms with E-state index in [0.29, 0.717) is 22.9 Å². The summed E-state index contributed by atoms with van der Waals surface area (Å²) >= 11 is 6.34. The Kier molecular flexibility index (Phi) is 8.69. The van der Waals surface area contributed by atoms with Crippen molar-refractivity contribution in [3.8, 4) is 5.75 Å². The fourth-order valence-corrected chi connectivity index (χ4v) is 3.39. The monoisotopic (exact) mass is 431 g/mol. The van der Waals surface area contributed by atoms with E-state index in [9.17, 15) is 9.59 Å². The van der Waals surface area contributed by atoms with Crippen molar-refractivity contribution in [3.63, 3.8) is 0 Å². The predicted molar refractivity (Wildman–Crippen MR) is 120 cm³/mol. The molecule has 0 bridgehead atoms. The van der Waals surface area contributed by atoms with Crippen molar-refractivity contribution in [2.24, 2.45) is 5.92 Å². The number of carbonyl (C=O) groups is 2. The first-order valence-electron chi connectivity index (χ1n) is 9.88. The van der Waals surface area contributed by atoms with Crippen LogP contribution in [0.25, 0.3) is 0 Å². The molecule has 0 aromatic heterocycles. The average Bonchev–Trinajstić information content (AvgIpc) is 2.72. The number of hydrogen-bond donors (Lipinski definition) is 2. The molecule has 0 saturated carbocycles. The minimum absolute atomic E-state index is 0.0784. The van der Waals surface area contributed by atoms with Crippen LogP contribution in [0.4, 0.5) is 0 Å². The smallest absolute Gasteiger partial charge is 0.251 e. The molecule has 0 radical (unpaired) electrons. The molecule has 2 aromatic rings. The van der Waals surface area contributed by atoms with E-state index in [-0.39, 0.29) is 23.8 Å². The van der Waals surface area contributed by atoms with E-state index < -0.39 is 6.04 Å². The molecule has 0 spiro atoms. The molecule has 30 heavy (non-hydrogen) atoms. The van der Waals surface area contributed by atoms with Gasteiger partial charge in [0, 0.05) is 17.1 Å². The standard InChI is InChI=1S/C23H30ClN3O3/c1-15(2)21(26-22(28)16-10-12-17(30-5)13-11-16)23(29)25-14-20(27(3)4)18-8-6-7-9-19(18)24/h6-13,15,20-21H,14H2,1-5H3,(H,25,29)(H,26,28). The Morgan fingerprint density at radius 2 is 1.70 bits per heavy atom. The third kappa shape index (κ3) is 6.21. The molecule has 0 saturated heterocycles. The Balaban J connectivity index is 2.07. The minimum atomic E-state index is -0.659. The molecular formula is C23H30ClN3O3. The second-order valence-corrected chi connectivity index (χ2v) is 8.08. The van der Waals surface area contributed by atoms with Gasteiger partial charge in [-0.05, 0) is 55.9 Å². The van der Waals surface area contributed by atoms with E-state index in [1.807, 2.05) is 57.1 Å². The lowest BCUT2D eigenvalue weighted by atomic mass is 10.0. The summed E-state index contributed by atoms with van der Waals surface area (Å²) in [6.07, 6.45) is 0. The first kappa shape index (κ1) is 23.7. The number of carbonyl (C=O) groups excluding carboxylic acids is 2. The SMILES string of the molecule is COc1ccc(C(=O)NC(C(=O)NCC(c2ccccc2Cl)N(C)C)C(C)C)cc1. The van der Waals surface area contributed by atoms with Crippen molar-refractivity contribution in [1.82, 2.24) is 15.5 Å². The highest BCUT2D eigenvalue weighted by molar-refractivity contribution is 6.31. The molecule has 2 aromatic carbocycles. The molecule has 2 N–H and O–H groups in total. The Morgan fingerprint density at radius 1 is 1.07 bits per heavy atom. The van der Waals surface area contributed by atoms with Gasteiger partial charge in [0.2, 0.25) is 5.91 Å². The van der Waals surface area contributed by atoms with Crippen LogP contribution in [0.1, 0.15) is 35.8 Å². The number of methoxy groups -OCH3 is 1. The molecule has 2 unspecified atom stereocenters. The number of nitrogens with zero attached hydrogens (tertiary/aromatic N) is 1. The minimum Gasteiger partial charge on any atom is -0.497 e. The van der Waals surface area contributed by atoms with Crippen LogP contribution in [0.5, 0.6) is 5.75 Å². The summed E-state index contributed by atoms with van der Waals surface area (Å²) in [5.41, 5.74) is 1.41. The highest BCUT2D eigenvalue weighted by atomic mass is 35.5. The summed E-state index contributed by atoms with van der Waals surface area (Å²) in [5.74, 6) is 0.0526. The number of benzene rings is 2. The number of halogens is 1. The highest BCUT2D eigenvalue weighted by Crippen LogP contribution is 2.25. The maximum atomic E-state index is 12.9. The first-order valence-corrected chi connectivity index (χ1v) is 10.3. The summed E-state index contributed by atoms with van der Waals surface area (Å²) in [4.78, 5) is 27.5. The fraction of sp³-hybridized carbons (Fsp3) is 0.391. The lowest BCUT2D eigenvalue weighted by Gasteiger charge is -2.28. The van der Waals surface area contributed by atoms with Crippen LogP contribution in [0.15, 0.2) is 48.5 Å². The summed E-state index contributed by atoms with van der Waals surface area (Å²) in [6, 6.07) is 13.6. The average molecular weight is 432 g/mol. The molecule has 0 fully saturated rings. The number of nitrogens with one attached hydrogen (secondary N) is 2. The highest BCUT2D eigenvalue weighted by Gasteiger charge is 2.26. The van der Waals surface area contributed by atoms with Crippen LogP contribution in [0.2, 0.25) is 5.02 Å². The number of ether oxygens (including phenoxy) is 1. The third-order valence-electron chi connectivity index (χ3n) is 4.95. The molecule has 0 aliphatic rings. The molecule has 0 aliphatic heterocycles. The molecule has 0 heterocycles. The van der Waals surface area contributed by atoms with Crippen molar-refractivity contribution in [2.75, 3.05) is 27.7 Å². The van der Waals surface area contributed by atoms with Crippen LogP contribution >= 0.6 is 11.6 Å². The van der Waals surface area contributed by atoms with Gasteiger partial charge in [-0.1, -0.05) is 43.6 Å². The first-order chi connectivity index (χ1) is 14.2. The van der Waals surface area contributed by atoms with Crippen LogP contribution in [-0.2, 0) is 4.79 Å². The maximum Gasteiger partial charge on any atom is 0.251 e. The van der Waals surface area contributed by atoms with Crippen molar-refractivity contribution < 1.29 is 14.3 Å². The van der Waals surface area contributed by atoms with Crippen LogP contribution < -0.4 is 15.4 Å². The maximum absolute atomic E-state index is 12.9. The fourth-order valence-electron chi connectivity index (χ4n) is 3.13. The van der Waals surface area contributed by atoms with E-state index in [1.165, 1.54) is 0 Å². The largest absolute Gasteiger partial charge is 0.497 e. The lowest BCUT2D eigenvalue weighted by molar-refractivity contribution is -0.124. The zero-order valence-corrected chi connectivity index (χ0v) is 18.9. The van der Waals surface area contributed by atoms with Crippen molar-refractivity contribution in [2.45, 2.75) is 25.9 Å². The van der Waals surface area contributed by atoms with E-state index in [4.69, 9.17) is 16.3 Å². The van der Waals surface area contributed by atoms with E-state index >= 15 is 0 Å². The summed E-state index contributed by atoms with van der Waals surface area (Å²) in [5, 5.41) is 6.47. The second-order valence-electron chi connectivity index (χ2n) is 7.67. The zero-order valence-electron chi connectivity index (χ0n) is 18.1. The van der Waals surface area contributed by atoms with Crippen molar-refractivity contribution >= 4 is 23.4 Å². The normalized spacial score (nSPS) is 13.1. The lowest BCUT2D eigenvalue weighted by Crippen LogP contribution is -2.51. The number of rotatable bonds is 9. The van der Waals surface area contributed by atoms with Gasteiger partial charge in [-0.25, -0.2) is 0 Å². The van der Waals surface area contributed by atoms with Crippen LogP contribution in [0, 0.1) is 5.92 Å². The van der Waals surface area contributed by atoms with Crippen LogP contribution in [0.3, 0.4) is 0 Å². The zero-order chi connectivity index (χ0) is 22.3. The number of amides is 2. The van der Waals surface area contributed by atoms with Gasteiger partial charge in [-0.3, -0.25) is 9.59 Å².